The third-order valence-electron chi connectivity index (χ3n) is 6.93. The molecule has 0 bridgehead atoms. The first-order chi connectivity index (χ1) is 17.6. The molecule has 2 aliphatic rings. The van der Waals surface area contributed by atoms with Crippen molar-refractivity contribution in [1.29, 1.82) is 0 Å². The van der Waals surface area contributed by atoms with Crippen molar-refractivity contribution in [1.82, 2.24) is 9.47 Å². The molecule has 1 N–H and O–H groups in total. The highest BCUT2D eigenvalue weighted by Crippen LogP contribution is 2.42. The van der Waals surface area contributed by atoms with Gasteiger partial charge in [0.05, 0.1) is 17.1 Å². The summed E-state index contributed by atoms with van der Waals surface area (Å²) >= 11 is 0. The Bertz CT molecular complexity index is 1420. The molecular formula is C30H28N4O2. The van der Waals surface area contributed by atoms with Gasteiger partial charge in [-0.3, -0.25) is 9.69 Å². The lowest BCUT2D eigenvalue weighted by atomic mass is 9.96. The van der Waals surface area contributed by atoms with Gasteiger partial charge in [-0.15, -0.1) is 0 Å². The average molecular weight is 477 g/mol. The van der Waals surface area contributed by atoms with Crippen LogP contribution in [0.5, 0.6) is 0 Å². The maximum Gasteiger partial charge on any atom is 0.322 e. The molecule has 3 amide bonds. The van der Waals surface area contributed by atoms with Crippen molar-refractivity contribution in [2.24, 2.45) is 0 Å². The van der Waals surface area contributed by atoms with Crippen molar-refractivity contribution in [3.8, 4) is 5.69 Å². The van der Waals surface area contributed by atoms with E-state index in [-0.39, 0.29) is 30.6 Å². The van der Waals surface area contributed by atoms with Crippen molar-refractivity contribution >= 4 is 23.3 Å². The maximum absolute atomic E-state index is 14.2. The van der Waals surface area contributed by atoms with E-state index in [1.54, 1.807) is 4.90 Å². The topological polar surface area (TPSA) is 57.6 Å². The Kier molecular flexibility index (Phi) is 5.56. The second-order valence-corrected chi connectivity index (χ2v) is 9.53. The molecule has 1 unspecified atom stereocenters. The zero-order valence-electron chi connectivity index (χ0n) is 20.2. The quantitative estimate of drug-likeness (QED) is 0.389. The van der Waals surface area contributed by atoms with E-state index < -0.39 is 0 Å². The summed E-state index contributed by atoms with van der Waals surface area (Å²) in [7, 11) is 0. The van der Waals surface area contributed by atoms with E-state index in [1.165, 1.54) is 0 Å². The fraction of sp³-hybridized carbons (Fsp3) is 0.200. The summed E-state index contributed by atoms with van der Waals surface area (Å²) in [5.74, 6) is -0.100. The summed E-state index contributed by atoms with van der Waals surface area (Å²) < 4.78 is 2.16. The number of anilines is 2. The molecule has 6 heteroatoms. The average Bonchev–Trinajstić information content (AvgIpc) is 3.62. The van der Waals surface area contributed by atoms with Gasteiger partial charge in [0, 0.05) is 17.9 Å². The van der Waals surface area contributed by atoms with Crippen LogP contribution in [0.3, 0.4) is 0 Å². The number of rotatable bonds is 5. The molecule has 1 atom stereocenters. The fourth-order valence-corrected chi connectivity index (χ4v) is 5.11. The van der Waals surface area contributed by atoms with E-state index in [0.29, 0.717) is 0 Å². The van der Waals surface area contributed by atoms with Gasteiger partial charge in [-0.2, -0.15) is 0 Å². The van der Waals surface area contributed by atoms with E-state index in [1.807, 2.05) is 77.8 Å². The van der Waals surface area contributed by atoms with Gasteiger partial charge in [0.25, 0.3) is 0 Å². The van der Waals surface area contributed by atoms with Gasteiger partial charge in [-0.25, -0.2) is 4.79 Å². The number of aryl methyl sites for hydroxylation is 1. The van der Waals surface area contributed by atoms with Crippen LogP contribution >= 0.6 is 0 Å². The number of fused-ring (bicyclic) bond motifs is 3. The predicted octanol–water partition coefficient (Wildman–Crippen LogP) is 5.92. The maximum atomic E-state index is 14.2. The van der Waals surface area contributed by atoms with Crippen LogP contribution < -0.4 is 10.2 Å². The number of nitrogens with one attached hydrogen (secondary N) is 1. The largest absolute Gasteiger partial charge is 0.322 e. The lowest BCUT2D eigenvalue weighted by Gasteiger charge is -2.39. The molecule has 1 aliphatic heterocycles. The molecule has 1 fully saturated rings. The molecule has 0 radical (unpaired) electrons. The summed E-state index contributed by atoms with van der Waals surface area (Å²) in [4.78, 5) is 31.0. The molecule has 1 aliphatic carbocycles. The van der Waals surface area contributed by atoms with Crippen molar-refractivity contribution < 1.29 is 9.59 Å². The lowest BCUT2D eigenvalue weighted by molar-refractivity contribution is -0.119. The highest BCUT2D eigenvalue weighted by atomic mass is 16.2. The Morgan fingerprint density at radius 3 is 2.39 bits per heavy atom. The minimum Gasteiger partial charge on any atom is -0.316 e. The molecule has 0 saturated heterocycles. The first kappa shape index (κ1) is 22.2. The van der Waals surface area contributed by atoms with Gasteiger partial charge < -0.3 is 14.8 Å². The van der Waals surface area contributed by atoms with Gasteiger partial charge >= 0.3 is 6.03 Å². The van der Waals surface area contributed by atoms with Crippen LogP contribution in [0.2, 0.25) is 0 Å². The minimum absolute atomic E-state index is 0.0146. The van der Waals surface area contributed by atoms with Crippen LogP contribution in [0, 0.1) is 6.92 Å². The first-order valence-electron chi connectivity index (χ1n) is 12.4. The summed E-state index contributed by atoms with van der Waals surface area (Å²) in [5.41, 5.74) is 5.74. The molecule has 4 aromatic rings. The predicted molar refractivity (Wildman–Crippen MR) is 141 cm³/mol. The van der Waals surface area contributed by atoms with E-state index >= 15 is 0 Å². The van der Waals surface area contributed by atoms with Crippen LogP contribution in [0.1, 0.15) is 35.7 Å². The number of hydrogen-bond donors (Lipinski definition) is 1. The second-order valence-electron chi connectivity index (χ2n) is 9.53. The number of amides is 3. The van der Waals surface area contributed by atoms with E-state index in [9.17, 15) is 9.59 Å². The SMILES string of the molecule is Cc1cccc(C2c3cccn3-c3ccccc3N2C(=O)CN(C(=O)Nc2ccccc2)C2CC2)c1. The van der Waals surface area contributed by atoms with Crippen LogP contribution in [-0.4, -0.2) is 34.0 Å². The zero-order chi connectivity index (χ0) is 24.6. The second kappa shape index (κ2) is 9.04. The molecule has 36 heavy (non-hydrogen) atoms. The van der Waals surface area contributed by atoms with Crippen molar-refractivity contribution in [2.75, 3.05) is 16.8 Å². The smallest absolute Gasteiger partial charge is 0.316 e. The molecular weight excluding hydrogens is 448 g/mol. The standard InChI is InChI=1S/C30H28N4O2/c1-21-9-7-10-22(19-21)29-27-15-8-18-32(27)25-13-5-6-14-26(25)34(29)28(35)20-33(24-16-17-24)30(36)31-23-11-3-2-4-12-23/h2-15,18-19,24,29H,16-17,20H2,1H3,(H,31,36). The van der Waals surface area contributed by atoms with Gasteiger partial charge in [0.1, 0.15) is 12.6 Å². The zero-order valence-corrected chi connectivity index (χ0v) is 20.2. The van der Waals surface area contributed by atoms with Gasteiger partial charge in [-0.1, -0.05) is 60.2 Å². The van der Waals surface area contributed by atoms with Crippen LogP contribution in [-0.2, 0) is 4.79 Å². The molecule has 6 nitrogen and oxygen atoms in total. The number of hydrogen-bond acceptors (Lipinski definition) is 2. The molecule has 180 valence electrons. The highest BCUT2D eigenvalue weighted by Gasteiger charge is 2.40. The fourth-order valence-electron chi connectivity index (χ4n) is 5.11. The van der Waals surface area contributed by atoms with Crippen molar-refractivity contribution in [2.45, 2.75) is 31.8 Å². The third kappa shape index (κ3) is 4.05. The number of urea groups is 1. The van der Waals surface area contributed by atoms with Gasteiger partial charge in [-0.05, 0) is 61.7 Å². The number of para-hydroxylation sites is 3. The summed E-state index contributed by atoms with van der Waals surface area (Å²) in [6.07, 6.45) is 3.87. The number of benzene rings is 3. The van der Waals surface area contributed by atoms with E-state index in [0.717, 1.165) is 46.7 Å². The summed E-state index contributed by atoms with van der Waals surface area (Å²) in [6.45, 7) is 2.08. The van der Waals surface area contributed by atoms with Crippen molar-refractivity contribution in [3.63, 3.8) is 0 Å². The van der Waals surface area contributed by atoms with Gasteiger partial charge in [0.15, 0.2) is 0 Å². The molecule has 6 rings (SSSR count). The number of carbonyl (C=O) groups is 2. The Balaban J connectivity index is 1.37. The third-order valence-corrected chi connectivity index (χ3v) is 6.93. The van der Waals surface area contributed by atoms with E-state index in [2.05, 4.69) is 41.1 Å². The normalized spacial score (nSPS) is 16.1. The monoisotopic (exact) mass is 476 g/mol. The summed E-state index contributed by atoms with van der Waals surface area (Å²) in [5, 5.41) is 2.96. The summed E-state index contributed by atoms with van der Waals surface area (Å²) in [6, 6.07) is 29.3. The lowest BCUT2D eigenvalue weighted by Crippen LogP contribution is -2.48. The van der Waals surface area contributed by atoms with Crippen molar-refractivity contribution in [3.05, 3.63) is 114 Å². The number of nitrogens with zero attached hydrogens (tertiary/aromatic N) is 3. The van der Waals surface area contributed by atoms with Crippen LogP contribution in [0.15, 0.2) is 97.2 Å². The molecule has 3 aromatic carbocycles. The van der Waals surface area contributed by atoms with Crippen LogP contribution in [0.4, 0.5) is 16.2 Å². The Hall–Kier alpha value is -4.32. The number of carbonyl (C=O) groups excluding carboxylic acids is 2. The molecule has 2 heterocycles. The minimum atomic E-state index is -0.291. The van der Waals surface area contributed by atoms with Crippen LogP contribution in [0.25, 0.3) is 5.69 Å². The Labute approximate surface area is 210 Å². The molecule has 0 spiro atoms. The number of aromatic nitrogens is 1. The molecule has 1 aromatic heterocycles. The molecule has 1 saturated carbocycles. The Morgan fingerprint density at radius 2 is 1.64 bits per heavy atom. The van der Waals surface area contributed by atoms with E-state index in [4.69, 9.17) is 0 Å². The Morgan fingerprint density at radius 1 is 0.889 bits per heavy atom. The first-order valence-corrected chi connectivity index (χ1v) is 12.4. The highest BCUT2D eigenvalue weighted by molar-refractivity contribution is 6.01. The van der Waals surface area contributed by atoms with Gasteiger partial charge in [0.2, 0.25) is 5.91 Å².